The summed E-state index contributed by atoms with van der Waals surface area (Å²) in [4.78, 5) is 3.95. The number of nitriles is 1. The highest BCUT2D eigenvalue weighted by Gasteiger charge is 2.10. The fourth-order valence-electron chi connectivity index (χ4n) is 1.70. The zero-order chi connectivity index (χ0) is 13.8. The molecule has 2 rings (SSSR count). The Hall–Kier alpha value is -2.67. The third-order valence-corrected chi connectivity index (χ3v) is 2.81. The van der Waals surface area contributed by atoms with E-state index in [2.05, 4.69) is 4.98 Å². The summed E-state index contributed by atoms with van der Waals surface area (Å²) in [6.07, 6.45) is 3.16. The summed E-state index contributed by atoms with van der Waals surface area (Å²) >= 11 is 0. The van der Waals surface area contributed by atoms with E-state index in [0.29, 0.717) is 16.7 Å². The number of hydrogen-bond acceptors (Lipinski definition) is 3. The summed E-state index contributed by atoms with van der Waals surface area (Å²) in [6, 6.07) is 10.2. The van der Waals surface area contributed by atoms with Crippen LogP contribution in [0.25, 0.3) is 11.3 Å². The first kappa shape index (κ1) is 12.8. The van der Waals surface area contributed by atoms with Crippen LogP contribution in [0.3, 0.4) is 0 Å². The Kier molecular flexibility index (Phi) is 3.58. The summed E-state index contributed by atoms with van der Waals surface area (Å²) < 4.78 is 13.5. The maximum atomic E-state index is 13.5. The second-order valence-electron chi connectivity index (χ2n) is 4.11. The van der Waals surface area contributed by atoms with Crippen LogP contribution < -0.4 is 5.73 Å². The van der Waals surface area contributed by atoms with Gasteiger partial charge in [0.15, 0.2) is 0 Å². The molecule has 0 saturated heterocycles. The average Bonchev–Trinajstić information content (AvgIpc) is 2.44. The molecule has 1 aromatic heterocycles. The van der Waals surface area contributed by atoms with Crippen molar-refractivity contribution in [3.05, 3.63) is 65.2 Å². The zero-order valence-electron chi connectivity index (χ0n) is 10.4. The first-order valence-corrected chi connectivity index (χ1v) is 5.70. The van der Waals surface area contributed by atoms with Gasteiger partial charge < -0.3 is 5.73 Å². The highest BCUT2D eigenvalue weighted by molar-refractivity contribution is 5.95. The van der Waals surface area contributed by atoms with E-state index in [1.165, 1.54) is 6.07 Å². The topological polar surface area (TPSA) is 62.7 Å². The van der Waals surface area contributed by atoms with Gasteiger partial charge in [-0.2, -0.15) is 5.26 Å². The largest absolute Gasteiger partial charge is 0.397 e. The quantitative estimate of drug-likeness (QED) is 0.837. The molecule has 0 unspecified atom stereocenters. The Morgan fingerprint density at radius 2 is 2.11 bits per heavy atom. The summed E-state index contributed by atoms with van der Waals surface area (Å²) in [5.74, 6) is -0.344. The van der Waals surface area contributed by atoms with Gasteiger partial charge in [-0.25, -0.2) is 4.39 Å². The van der Waals surface area contributed by atoms with Crippen molar-refractivity contribution in [1.82, 2.24) is 4.98 Å². The monoisotopic (exact) mass is 253 g/mol. The van der Waals surface area contributed by atoms with Crippen LogP contribution in [0.4, 0.5) is 4.39 Å². The normalized spacial score (nSPS) is 11.6. The van der Waals surface area contributed by atoms with E-state index in [4.69, 9.17) is 5.73 Å². The van der Waals surface area contributed by atoms with Crippen molar-refractivity contribution in [2.24, 2.45) is 5.73 Å². The number of allylic oxidation sites excluding steroid dienone is 1. The summed E-state index contributed by atoms with van der Waals surface area (Å²) in [5, 5.41) is 9.23. The molecule has 0 bridgehead atoms. The minimum absolute atomic E-state index is 0.245. The van der Waals surface area contributed by atoms with Crippen LogP contribution in [0.1, 0.15) is 16.7 Å². The van der Waals surface area contributed by atoms with Crippen molar-refractivity contribution in [2.45, 2.75) is 6.92 Å². The molecule has 1 aromatic carbocycles. The smallest absolute Gasteiger partial charge is 0.126 e. The fourth-order valence-corrected chi connectivity index (χ4v) is 1.70. The van der Waals surface area contributed by atoms with Gasteiger partial charge in [-0.3, -0.25) is 4.98 Å². The van der Waals surface area contributed by atoms with E-state index >= 15 is 0 Å². The van der Waals surface area contributed by atoms with E-state index in [1.54, 1.807) is 43.6 Å². The lowest BCUT2D eigenvalue weighted by Crippen LogP contribution is -2.02. The van der Waals surface area contributed by atoms with Crippen LogP contribution in [0.15, 0.2) is 42.7 Å². The zero-order valence-corrected chi connectivity index (χ0v) is 10.4. The van der Waals surface area contributed by atoms with Crippen LogP contribution in [-0.4, -0.2) is 4.98 Å². The van der Waals surface area contributed by atoms with Crippen molar-refractivity contribution in [3.8, 4) is 6.07 Å². The summed E-state index contributed by atoms with van der Waals surface area (Å²) in [5.41, 5.74) is 8.14. The van der Waals surface area contributed by atoms with Crippen molar-refractivity contribution < 1.29 is 4.39 Å². The second kappa shape index (κ2) is 5.32. The summed E-state index contributed by atoms with van der Waals surface area (Å²) in [6.45, 7) is 1.67. The van der Waals surface area contributed by atoms with Crippen LogP contribution in [-0.2, 0) is 0 Å². The Morgan fingerprint density at radius 1 is 1.32 bits per heavy atom. The lowest BCUT2D eigenvalue weighted by Gasteiger charge is -2.07. The third kappa shape index (κ3) is 2.61. The van der Waals surface area contributed by atoms with E-state index in [1.807, 2.05) is 6.07 Å². The molecule has 0 saturated carbocycles. The molecular weight excluding hydrogens is 241 g/mol. The van der Waals surface area contributed by atoms with Crippen molar-refractivity contribution in [3.63, 3.8) is 0 Å². The van der Waals surface area contributed by atoms with Gasteiger partial charge in [0.2, 0.25) is 0 Å². The van der Waals surface area contributed by atoms with Crippen LogP contribution in [0.2, 0.25) is 0 Å². The van der Waals surface area contributed by atoms with Gasteiger partial charge in [-0.15, -0.1) is 0 Å². The van der Waals surface area contributed by atoms with Crippen LogP contribution in [0, 0.1) is 24.1 Å². The molecule has 1 heterocycles. The van der Waals surface area contributed by atoms with E-state index < -0.39 is 0 Å². The Balaban J connectivity index is 2.56. The highest BCUT2D eigenvalue weighted by Crippen LogP contribution is 2.22. The Morgan fingerprint density at radius 3 is 2.68 bits per heavy atom. The SMILES string of the molecule is Cc1ccc(/C(N)=C(/C#N)c2cccnc2)cc1F. The molecule has 0 aliphatic rings. The van der Waals surface area contributed by atoms with E-state index in [0.717, 1.165) is 0 Å². The number of aryl methyl sites for hydroxylation is 1. The molecule has 0 fully saturated rings. The van der Waals surface area contributed by atoms with Crippen molar-refractivity contribution >= 4 is 11.3 Å². The van der Waals surface area contributed by atoms with E-state index in [9.17, 15) is 9.65 Å². The van der Waals surface area contributed by atoms with Gasteiger partial charge in [-0.05, 0) is 24.6 Å². The number of aromatic nitrogens is 1. The second-order valence-corrected chi connectivity index (χ2v) is 4.11. The Bertz CT molecular complexity index is 670. The fraction of sp³-hybridized carbons (Fsp3) is 0.0667. The maximum absolute atomic E-state index is 13.5. The van der Waals surface area contributed by atoms with Gasteiger partial charge >= 0.3 is 0 Å². The minimum atomic E-state index is -0.344. The van der Waals surface area contributed by atoms with E-state index in [-0.39, 0.29) is 17.1 Å². The summed E-state index contributed by atoms with van der Waals surface area (Å²) in [7, 11) is 0. The highest BCUT2D eigenvalue weighted by atomic mass is 19.1. The standard InChI is InChI=1S/C15H12FN3/c1-10-4-5-11(7-14(10)16)15(18)13(8-17)12-3-2-6-19-9-12/h2-7,9H,18H2,1H3/b15-13+. The predicted octanol–water partition coefficient (Wildman–Crippen LogP) is 2.88. The molecule has 2 N–H and O–H groups in total. The van der Waals surface area contributed by atoms with Crippen LogP contribution in [0.5, 0.6) is 0 Å². The van der Waals surface area contributed by atoms with Gasteiger partial charge in [0.25, 0.3) is 0 Å². The molecule has 94 valence electrons. The number of halogens is 1. The number of nitrogens with zero attached hydrogens (tertiary/aromatic N) is 2. The van der Waals surface area contributed by atoms with Crippen molar-refractivity contribution in [1.29, 1.82) is 5.26 Å². The minimum Gasteiger partial charge on any atom is -0.397 e. The van der Waals surface area contributed by atoms with Gasteiger partial charge in [0, 0.05) is 23.5 Å². The predicted molar refractivity (Wildman–Crippen MR) is 72.0 cm³/mol. The van der Waals surface area contributed by atoms with Crippen LogP contribution >= 0.6 is 0 Å². The van der Waals surface area contributed by atoms with Gasteiger partial charge in [0.1, 0.15) is 11.9 Å². The number of rotatable bonds is 2. The lowest BCUT2D eigenvalue weighted by molar-refractivity contribution is 0.618. The molecule has 0 aliphatic carbocycles. The molecule has 0 atom stereocenters. The van der Waals surface area contributed by atoms with Gasteiger partial charge in [0.05, 0.1) is 11.3 Å². The molecule has 0 aliphatic heterocycles. The molecule has 0 amide bonds. The number of hydrogen-bond donors (Lipinski definition) is 1. The van der Waals surface area contributed by atoms with Crippen molar-refractivity contribution in [2.75, 3.05) is 0 Å². The number of nitrogens with two attached hydrogens (primary N) is 1. The molecule has 0 radical (unpaired) electrons. The molecular formula is C15H12FN3. The average molecular weight is 253 g/mol. The molecule has 2 aromatic rings. The van der Waals surface area contributed by atoms with Gasteiger partial charge in [-0.1, -0.05) is 18.2 Å². The molecule has 4 heteroatoms. The first-order valence-electron chi connectivity index (χ1n) is 5.70. The Labute approximate surface area is 110 Å². The lowest BCUT2D eigenvalue weighted by atomic mass is 10.0. The molecule has 3 nitrogen and oxygen atoms in total. The first-order chi connectivity index (χ1) is 9.13. The molecule has 19 heavy (non-hydrogen) atoms. The maximum Gasteiger partial charge on any atom is 0.126 e. The third-order valence-electron chi connectivity index (χ3n) is 2.81. The number of pyridine rings is 1. The molecule has 0 spiro atoms. The number of benzene rings is 1.